The Hall–Kier alpha value is -1.39. The van der Waals surface area contributed by atoms with E-state index in [2.05, 4.69) is 41.0 Å². The second-order valence-corrected chi connectivity index (χ2v) is 6.82. The Morgan fingerprint density at radius 1 is 1.09 bits per heavy atom. The third-order valence-corrected chi connectivity index (χ3v) is 5.11. The number of nitrogens with one attached hydrogen (secondary N) is 2. The standard InChI is InChI=1S/C19H28N2O2/c22-19(21-17-9-11-23-12-10-17)14-20-18-8-4-7-16(18)13-15-5-2-1-3-6-15/h1-3,5-6,16-18,20H,4,7-14H2,(H,21,22)/t16-,18-/m0/s1. The molecule has 0 radical (unpaired) electrons. The van der Waals surface area contributed by atoms with Gasteiger partial charge in [0, 0.05) is 25.3 Å². The molecule has 2 aliphatic rings. The van der Waals surface area contributed by atoms with Crippen molar-refractivity contribution in [1.29, 1.82) is 0 Å². The van der Waals surface area contributed by atoms with Crippen molar-refractivity contribution in [3.05, 3.63) is 35.9 Å². The van der Waals surface area contributed by atoms with Crippen molar-refractivity contribution in [3.8, 4) is 0 Å². The molecule has 0 spiro atoms. The Morgan fingerprint density at radius 3 is 2.65 bits per heavy atom. The molecule has 2 N–H and O–H groups in total. The molecular weight excluding hydrogens is 288 g/mol. The molecule has 1 saturated carbocycles. The zero-order valence-electron chi connectivity index (χ0n) is 13.8. The monoisotopic (exact) mass is 316 g/mol. The van der Waals surface area contributed by atoms with Gasteiger partial charge in [0.2, 0.25) is 5.91 Å². The van der Waals surface area contributed by atoms with Crippen molar-refractivity contribution in [3.63, 3.8) is 0 Å². The minimum Gasteiger partial charge on any atom is -0.381 e. The molecule has 0 bridgehead atoms. The van der Waals surface area contributed by atoms with Gasteiger partial charge in [-0.1, -0.05) is 36.8 Å². The van der Waals surface area contributed by atoms with Crippen molar-refractivity contribution < 1.29 is 9.53 Å². The summed E-state index contributed by atoms with van der Waals surface area (Å²) in [5.41, 5.74) is 1.40. The summed E-state index contributed by atoms with van der Waals surface area (Å²) in [5, 5.41) is 6.62. The lowest BCUT2D eigenvalue weighted by molar-refractivity contribution is -0.121. The molecule has 1 aromatic carbocycles. The number of carbonyl (C=O) groups is 1. The number of ether oxygens (including phenoxy) is 1. The molecule has 0 unspecified atom stereocenters. The number of amides is 1. The van der Waals surface area contributed by atoms with E-state index in [0.29, 0.717) is 24.5 Å². The van der Waals surface area contributed by atoms with E-state index < -0.39 is 0 Å². The van der Waals surface area contributed by atoms with Crippen LogP contribution >= 0.6 is 0 Å². The first-order valence-electron chi connectivity index (χ1n) is 8.95. The summed E-state index contributed by atoms with van der Waals surface area (Å²) in [6, 6.07) is 11.4. The molecule has 2 fully saturated rings. The van der Waals surface area contributed by atoms with Gasteiger partial charge in [0.1, 0.15) is 0 Å². The van der Waals surface area contributed by atoms with Crippen LogP contribution in [-0.4, -0.2) is 37.7 Å². The van der Waals surface area contributed by atoms with Gasteiger partial charge in [-0.2, -0.15) is 0 Å². The van der Waals surface area contributed by atoms with E-state index >= 15 is 0 Å². The van der Waals surface area contributed by atoms with E-state index in [9.17, 15) is 4.79 Å². The first-order chi connectivity index (χ1) is 11.3. The molecule has 2 atom stereocenters. The largest absolute Gasteiger partial charge is 0.381 e. The smallest absolute Gasteiger partial charge is 0.234 e. The maximum Gasteiger partial charge on any atom is 0.234 e. The van der Waals surface area contributed by atoms with Gasteiger partial charge in [-0.25, -0.2) is 0 Å². The lowest BCUT2D eigenvalue weighted by Crippen LogP contribution is -2.45. The van der Waals surface area contributed by atoms with E-state index in [1.807, 2.05) is 0 Å². The molecule has 1 aromatic rings. The summed E-state index contributed by atoms with van der Waals surface area (Å²) < 4.78 is 5.33. The van der Waals surface area contributed by atoms with Gasteiger partial charge >= 0.3 is 0 Å². The third kappa shape index (κ3) is 5.05. The molecule has 126 valence electrons. The maximum atomic E-state index is 12.1. The van der Waals surface area contributed by atoms with Gasteiger partial charge in [0.15, 0.2) is 0 Å². The fraction of sp³-hybridized carbons (Fsp3) is 0.632. The van der Waals surface area contributed by atoms with E-state index in [0.717, 1.165) is 32.5 Å². The van der Waals surface area contributed by atoms with E-state index in [1.165, 1.54) is 24.8 Å². The van der Waals surface area contributed by atoms with Crippen LogP contribution in [0.1, 0.15) is 37.7 Å². The molecule has 3 rings (SSSR count). The number of benzene rings is 1. The van der Waals surface area contributed by atoms with Crippen LogP contribution in [0.4, 0.5) is 0 Å². The van der Waals surface area contributed by atoms with Crippen LogP contribution in [0.25, 0.3) is 0 Å². The minimum absolute atomic E-state index is 0.127. The van der Waals surface area contributed by atoms with Crippen LogP contribution in [0, 0.1) is 5.92 Å². The molecular formula is C19H28N2O2. The second kappa shape index (κ2) is 8.46. The molecule has 0 aromatic heterocycles. The Labute approximate surface area is 139 Å². The normalized spacial score (nSPS) is 25.4. The number of hydrogen-bond acceptors (Lipinski definition) is 3. The number of carbonyl (C=O) groups excluding carboxylic acids is 1. The Bertz CT molecular complexity index is 485. The third-order valence-electron chi connectivity index (χ3n) is 5.11. The lowest BCUT2D eigenvalue weighted by atomic mass is 9.94. The molecule has 1 aliphatic carbocycles. The van der Waals surface area contributed by atoms with Crippen LogP contribution in [0.3, 0.4) is 0 Å². The van der Waals surface area contributed by atoms with Gasteiger partial charge in [0.05, 0.1) is 6.54 Å². The Morgan fingerprint density at radius 2 is 1.87 bits per heavy atom. The van der Waals surface area contributed by atoms with Gasteiger partial charge in [-0.05, 0) is 43.6 Å². The Kier molecular flexibility index (Phi) is 6.06. The summed E-state index contributed by atoms with van der Waals surface area (Å²) in [7, 11) is 0. The average molecular weight is 316 g/mol. The molecule has 4 nitrogen and oxygen atoms in total. The molecule has 23 heavy (non-hydrogen) atoms. The summed E-state index contributed by atoms with van der Waals surface area (Å²) >= 11 is 0. The van der Waals surface area contributed by atoms with Crippen molar-refractivity contribution in [2.24, 2.45) is 5.92 Å². The molecule has 1 aliphatic heterocycles. The van der Waals surface area contributed by atoms with Gasteiger partial charge in [-0.15, -0.1) is 0 Å². The van der Waals surface area contributed by atoms with Crippen molar-refractivity contribution >= 4 is 5.91 Å². The summed E-state index contributed by atoms with van der Waals surface area (Å²) in [6.07, 6.45) is 6.69. The highest BCUT2D eigenvalue weighted by atomic mass is 16.5. The zero-order chi connectivity index (χ0) is 15.9. The molecule has 1 amide bonds. The first kappa shape index (κ1) is 16.5. The predicted octanol–water partition coefficient (Wildman–Crippen LogP) is 2.28. The average Bonchev–Trinajstić information content (AvgIpc) is 3.02. The van der Waals surface area contributed by atoms with E-state index in [1.54, 1.807) is 0 Å². The van der Waals surface area contributed by atoms with Crippen LogP contribution in [-0.2, 0) is 16.0 Å². The summed E-state index contributed by atoms with van der Waals surface area (Å²) in [6.45, 7) is 1.97. The van der Waals surface area contributed by atoms with Crippen LogP contribution in [0.2, 0.25) is 0 Å². The fourth-order valence-corrected chi connectivity index (χ4v) is 3.81. The van der Waals surface area contributed by atoms with E-state index in [-0.39, 0.29) is 5.91 Å². The maximum absolute atomic E-state index is 12.1. The van der Waals surface area contributed by atoms with Crippen molar-refractivity contribution in [2.45, 2.75) is 50.6 Å². The first-order valence-corrected chi connectivity index (χ1v) is 8.95. The number of hydrogen-bond donors (Lipinski definition) is 2. The summed E-state index contributed by atoms with van der Waals surface area (Å²) in [4.78, 5) is 12.1. The highest BCUT2D eigenvalue weighted by Gasteiger charge is 2.27. The van der Waals surface area contributed by atoms with Crippen molar-refractivity contribution in [2.75, 3.05) is 19.8 Å². The summed E-state index contributed by atoms with van der Waals surface area (Å²) in [5.74, 6) is 0.774. The highest BCUT2D eigenvalue weighted by molar-refractivity contribution is 5.78. The lowest BCUT2D eigenvalue weighted by Gasteiger charge is -2.25. The topological polar surface area (TPSA) is 50.4 Å². The zero-order valence-corrected chi connectivity index (χ0v) is 13.8. The fourth-order valence-electron chi connectivity index (χ4n) is 3.81. The quantitative estimate of drug-likeness (QED) is 0.846. The predicted molar refractivity (Wildman–Crippen MR) is 91.3 cm³/mol. The molecule has 1 saturated heterocycles. The molecule has 4 heteroatoms. The number of rotatable bonds is 6. The van der Waals surface area contributed by atoms with Crippen molar-refractivity contribution in [1.82, 2.24) is 10.6 Å². The van der Waals surface area contributed by atoms with Crippen LogP contribution in [0.5, 0.6) is 0 Å². The van der Waals surface area contributed by atoms with Crippen LogP contribution < -0.4 is 10.6 Å². The highest BCUT2D eigenvalue weighted by Crippen LogP contribution is 2.28. The van der Waals surface area contributed by atoms with Gasteiger partial charge in [0.25, 0.3) is 0 Å². The van der Waals surface area contributed by atoms with E-state index in [4.69, 9.17) is 4.74 Å². The van der Waals surface area contributed by atoms with Crippen LogP contribution in [0.15, 0.2) is 30.3 Å². The van der Waals surface area contributed by atoms with Gasteiger partial charge < -0.3 is 15.4 Å². The SMILES string of the molecule is O=C(CN[C@H]1CCC[C@H]1Cc1ccccc1)NC1CCOCC1. The molecule has 1 heterocycles. The Balaban J connectivity index is 1.42. The second-order valence-electron chi connectivity index (χ2n) is 6.82. The van der Waals surface area contributed by atoms with Gasteiger partial charge in [-0.3, -0.25) is 4.79 Å². The minimum atomic E-state index is 0.127.